The number of unbranched alkanes of at least 4 members (excludes halogenated alkanes) is 14. The van der Waals surface area contributed by atoms with E-state index in [9.17, 15) is 19.0 Å². The van der Waals surface area contributed by atoms with Crippen LogP contribution >= 0.6 is 7.82 Å². The molecule has 0 aliphatic heterocycles. The Hall–Kier alpha value is -1.25. The van der Waals surface area contributed by atoms with E-state index in [1.807, 2.05) is 0 Å². The van der Waals surface area contributed by atoms with Crippen LogP contribution in [0, 0.1) is 0 Å². The molecule has 40 heavy (non-hydrogen) atoms. The molecule has 0 aromatic carbocycles. The highest BCUT2D eigenvalue weighted by Crippen LogP contribution is 2.43. The van der Waals surface area contributed by atoms with Crippen molar-refractivity contribution in [2.75, 3.05) is 26.4 Å². The van der Waals surface area contributed by atoms with Crippen LogP contribution in [-0.4, -0.2) is 49.3 Å². The Labute approximate surface area is 243 Å². The molecular formula is C30H58NO8P. The van der Waals surface area contributed by atoms with Gasteiger partial charge in [0.05, 0.1) is 13.2 Å². The van der Waals surface area contributed by atoms with Gasteiger partial charge in [0, 0.05) is 19.4 Å². The van der Waals surface area contributed by atoms with E-state index < -0.39 is 32.5 Å². The summed E-state index contributed by atoms with van der Waals surface area (Å²) in [5, 5.41) is 0. The van der Waals surface area contributed by atoms with Crippen molar-refractivity contribution in [2.24, 2.45) is 5.73 Å². The van der Waals surface area contributed by atoms with Gasteiger partial charge < -0.3 is 20.1 Å². The Morgan fingerprint density at radius 1 is 0.725 bits per heavy atom. The molecule has 0 saturated heterocycles. The predicted octanol–water partition coefficient (Wildman–Crippen LogP) is 7.54. The standard InChI is InChI=1S/C30H58NO8P/c1-3-5-7-9-11-13-14-15-17-18-20-22-29(32)36-26-28(27-38-40(34,35)37-25-24-31)39-30(33)23-21-19-16-12-10-8-6-4-2/h9,11,28H,3-8,10,12-27,31H2,1-2H3,(H,34,35)/b11-9+/t28-/m1/s1. The van der Waals surface area contributed by atoms with E-state index in [1.54, 1.807) is 0 Å². The summed E-state index contributed by atoms with van der Waals surface area (Å²) in [5.74, 6) is -0.846. The molecule has 3 N–H and O–H groups in total. The van der Waals surface area contributed by atoms with E-state index in [1.165, 1.54) is 38.5 Å². The maximum absolute atomic E-state index is 12.4. The molecule has 0 spiro atoms. The second-order valence-corrected chi connectivity index (χ2v) is 11.8. The molecule has 2 atom stereocenters. The molecule has 0 heterocycles. The topological polar surface area (TPSA) is 134 Å². The molecule has 0 aliphatic carbocycles. The van der Waals surface area contributed by atoms with Crippen LogP contribution in [0.1, 0.15) is 136 Å². The lowest BCUT2D eigenvalue weighted by atomic mass is 10.1. The van der Waals surface area contributed by atoms with Gasteiger partial charge in [-0.3, -0.25) is 18.6 Å². The van der Waals surface area contributed by atoms with Gasteiger partial charge in [-0.2, -0.15) is 0 Å². The zero-order valence-corrected chi connectivity index (χ0v) is 26.2. The number of esters is 2. The summed E-state index contributed by atoms with van der Waals surface area (Å²) in [6, 6.07) is 0. The van der Waals surface area contributed by atoms with Gasteiger partial charge in [-0.15, -0.1) is 0 Å². The first-order valence-electron chi connectivity index (χ1n) is 15.7. The predicted molar refractivity (Wildman–Crippen MR) is 160 cm³/mol. The molecule has 0 aromatic rings. The largest absolute Gasteiger partial charge is 0.472 e. The first kappa shape index (κ1) is 38.8. The lowest BCUT2D eigenvalue weighted by molar-refractivity contribution is -0.161. The summed E-state index contributed by atoms with van der Waals surface area (Å²) in [6.07, 6.45) is 22.6. The molecule has 9 nitrogen and oxygen atoms in total. The third kappa shape index (κ3) is 26.9. The maximum atomic E-state index is 12.4. The van der Waals surface area contributed by atoms with Gasteiger partial charge in [-0.25, -0.2) is 4.57 Å². The normalized spacial score (nSPS) is 13.8. The number of carbonyl (C=O) groups is 2. The van der Waals surface area contributed by atoms with Gasteiger partial charge >= 0.3 is 19.8 Å². The first-order chi connectivity index (χ1) is 19.3. The van der Waals surface area contributed by atoms with Crippen LogP contribution in [0.5, 0.6) is 0 Å². The van der Waals surface area contributed by atoms with Crippen LogP contribution in [0.2, 0.25) is 0 Å². The Morgan fingerprint density at radius 2 is 1.25 bits per heavy atom. The van der Waals surface area contributed by atoms with Gasteiger partial charge in [-0.1, -0.05) is 103 Å². The van der Waals surface area contributed by atoms with Crippen molar-refractivity contribution in [1.82, 2.24) is 0 Å². The number of allylic oxidation sites excluding steroid dienone is 2. The Kier molecular flexibility index (Phi) is 27.0. The van der Waals surface area contributed by atoms with E-state index in [0.29, 0.717) is 6.42 Å². The molecule has 0 fully saturated rings. The van der Waals surface area contributed by atoms with Crippen molar-refractivity contribution in [3.63, 3.8) is 0 Å². The van der Waals surface area contributed by atoms with Crippen LogP contribution in [0.25, 0.3) is 0 Å². The van der Waals surface area contributed by atoms with E-state index in [4.69, 9.17) is 24.3 Å². The SMILES string of the molecule is CCCC/C=C/CCCCCCCC(=O)OC[C@H](COP(=O)(O)OCCN)OC(=O)CCCCCCCCCC. The lowest BCUT2D eigenvalue weighted by Crippen LogP contribution is -2.29. The number of phosphoric acid groups is 1. The lowest BCUT2D eigenvalue weighted by Gasteiger charge is -2.19. The smallest absolute Gasteiger partial charge is 0.462 e. The Morgan fingerprint density at radius 3 is 1.85 bits per heavy atom. The molecule has 0 bridgehead atoms. The Bertz CT molecular complexity index is 689. The van der Waals surface area contributed by atoms with Gasteiger partial charge in [0.1, 0.15) is 6.61 Å². The molecular weight excluding hydrogens is 533 g/mol. The summed E-state index contributed by atoms with van der Waals surface area (Å²) >= 11 is 0. The third-order valence-corrected chi connectivity index (χ3v) is 7.39. The minimum Gasteiger partial charge on any atom is -0.462 e. The molecule has 0 aromatic heterocycles. The monoisotopic (exact) mass is 591 g/mol. The number of rotatable bonds is 29. The third-order valence-electron chi connectivity index (χ3n) is 6.40. The fourth-order valence-corrected chi connectivity index (χ4v) is 4.79. The van der Waals surface area contributed by atoms with Crippen LogP contribution in [0.3, 0.4) is 0 Å². The van der Waals surface area contributed by atoms with Crippen molar-refractivity contribution in [2.45, 2.75) is 142 Å². The first-order valence-corrected chi connectivity index (χ1v) is 17.2. The number of nitrogens with two attached hydrogens (primary N) is 1. The van der Waals surface area contributed by atoms with Crippen molar-refractivity contribution in [3.8, 4) is 0 Å². The highest BCUT2D eigenvalue weighted by atomic mass is 31.2. The van der Waals surface area contributed by atoms with Crippen molar-refractivity contribution in [1.29, 1.82) is 0 Å². The average Bonchev–Trinajstić information content (AvgIpc) is 2.93. The molecule has 1 unspecified atom stereocenters. The number of carbonyl (C=O) groups excluding carboxylic acids is 2. The summed E-state index contributed by atoms with van der Waals surface area (Å²) in [5.41, 5.74) is 5.29. The van der Waals surface area contributed by atoms with Crippen molar-refractivity contribution >= 4 is 19.8 Å². The number of ether oxygens (including phenoxy) is 2. The highest BCUT2D eigenvalue weighted by Gasteiger charge is 2.25. The summed E-state index contributed by atoms with van der Waals surface area (Å²) in [7, 11) is -4.35. The minimum absolute atomic E-state index is 0.0542. The molecule has 236 valence electrons. The van der Waals surface area contributed by atoms with Gasteiger partial charge in [0.15, 0.2) is 6.10 Å². The zero-order valence-electron chi connectivity index (χ0n) is 25.3. The fraction of sp³-hybridized carbons (Fsp3) is 0.867. The summed E-state index contributed by atoms with van der Waals surface area (Å²) in [4.78, 5) is 34.3. The number of hydrogen-bond acceptors (Lipinski definition) is 8. The van der Waals surface area contributed by atoms with E-state index >= 15 is 0 Å². The molecule has 0 rings (SSSR count). The Balaban J connectivity index is 4.33. The van der Waals surface area contributed by atoms with E-state index in [-0.39, 0.29) is 32.6 Å². The van der Waals surface area contributed by atoms with Crippen LogP contribution in [0.15, 0.2) is 12.2 Å². The average molecular weight is 592 g/mol. The minimum atomic E-state index is -4.35. The molecule has 0 saturated carbocycles. The maximum Gasteiger partial charge on any atom is 0.472 e. The van der Waals surface area contributed by atoms with Crippen molar-refractivity contribution in [3.05, 3.63) is 12.2 Å². The molecule has 0 aliphatic rings. The quantitative estimate of drug-likeness (QED) is 0.0391. The van der Waals surface area contributed by atoms with E-state index in [0.717, 1.165) is 64.2 Å². The second kappa shape index (κ2) is 27.9. The highest BCUT2D eigenvalue weighted by molar-refractivity contribution is 7.47. The van der Waals surface area contributed by atoms with Crippen molar-refractivity contribution < 1.29 is 37.6 Å². The number of phosphoric ester groups is 1. The molecule has 0 amide bonds. The number of hydrogen-bond donors (Lipinski definition) is 2. The van der Waals surface area contributed by atoms with Gasteiger partial charge in [0.2, 0.25) is 0 Å². The zero-order chi connectivity index (χ0) is 29.7. The fourth-order valence-electron chi connectivity index (χ4n) is 4.02. The van der Waals surface area contributed by atoms with E-state index in [2.05, 4.69) is 26.0 Å². The molecule has 10 heteroatoms. The van der Waals surface area contributed by atoms with Gasteiger partial charge in [0.25, 0.3) is 0 Å². The summed E-state index contributed by atoms with van der Waals surface area (Å²) in [6.45, 7) is 3.61. The van der Waals surface area contributed by atoms with Crippen LogP contribution in [-0.2, 0) is 32.7 Å². The van der Waals surface area contributed by atoms with Gasteiger partial charge in [-0.05, 0) is 32.1 Å². The van der Waals surface area contributed by atoms with Crippen LogP contribution < -0.4 is 5.73 Å². The summed E-state index contributed by atoms with van der Waals surface area (Å²) < 4.78 is 32.3. The van der Waals surface area contributed by atoms with Crippen LogP contribution in [0.4, 0.5) is 0 Å². The second-order valence-electron chi connectivity index (χ2n) is 10.3. The molecule has 0 radical (unpaired) electrons.